The van der Waals surface area contributed by atoms with Gasteiger partial charge in [-0.15, -0.1) is 0 Å². The molecular formula is C22H22ClN3O4. The lowest BCUT2D eigenvalue weighted by atomic mass is 10.2. The second kappa shape index (κ2) is 8.75. The maximum atomic E-state index is 12.2. The zero-order valence-electron chi connectivity index (χ0n) is 16.2. The fraction of sp³-hybridized carbons (Fsp3) is 0.318. The van der Waals surface area contributed by atoms with E-state index in [-0.39, 0.29) is 41.3 Å². The van der Waals surface area contributed by atoms with Gasteiger partial charge >= 0.3 is 0 Å². The normalized spacial score (nSPS) is 15.2. The Morgan fingerprint density at radius 2 is 1.73 bits per heavy atom. The number of carbonyl (C=O) groups excluding carboxylic acids is 3. The molecule has 2 aliphatic carbocycles. The summed E-state index contributed by atoms with van der Waals surface area (Å²) in [6.07, 6.45) is 3.84. The fourth-order valence-electron chi connectivity index (χ4n) is 2.87. The Labute approximate surface area is 179 Å². The summed E-state index contributed by atoms with van der Waals surface area (Å²) >= 11 is 6.19. The highest BCUT2D eigenvalue weighted by molar-refractivity contribution is 6.34. The number of hydrogen-bond acceptors (Lipinski definition) is 4. The first-order valence-electron chi connectivity index (χ1n) is 9.92. The summed E-state index contributed by atoms with van der Waals surface area (Å²) in [5, 5.41) is 8.68. The number of rotatable bonds is 8. The van der Waals surface area contributed by atoms with Gasteiger partial charge in [-0.05, 0) is 56.0 Å². The van der Waals surface area contributed by atoms with Gasteiger partial charge in [0.1, 0.15) is 5.75 Å². The smallest absolute Gasteiger partial charge is 0.262 e. The van der Waals surface area contributed by atoms with Crippen LogP contribution in [0.25, 0.3) is 0 Å². The predicted molar refractivity (Wildman–Crippen MR) is 114 cm³/mol. The molecule has 0 radical (unpaired) electrons. The second-order valence-corrected chi connectivity index (χ2v) is 7.98. The van der Waals surface area contributed by atoms with Crippen LogP contribution < -0.4 is 20.7 Å². The molecule has 7 nitrogen and oxygen atoms in total. The van der Waals surface area contributed by atoms with Crippen molar-refractivity contribution in [1.29, 1.82) is 0 Å². The van der Waals surface area contributed by atoms with Crippen molar-refractivity contribution in [2.75, 3.05) is 17.2 Å². The number of ether oxygens (including phenoxy) is 1. The van der Waals surface area contributed by atoms with Crippen LogP contribution in [-0.4, -0.2) is 30.4 Å². The minimum atomic E-state index is -0.367. The van der Waals surface area contributed by atoms with Crippen LogP contribution in [0.15, 0.2) is 42.5 Å². The molecule has 8 heteroatoms. The summed E-state index contributed by atoms with van der Waals surface area (Å²) in [6, 6.07) is 11.9. The highest BCUT2D eigenvalue weighted by atomic mass is 35.5. The van der Waals surface area contributed by atoms with Crippen LogP contribution in [0.2, 0.25) is 5.02 Å². The number of nitrogens with one attached hydrogen (secondary N) is 3. The third kappa shape index (κ3) is 5.51. The van der Waals surface area contributed by atoms with E-state index in [0.29, 0.717) is 22.7 Å². The predicted octanol–water partition coefficient (Wildman–Crippen LogP) is 3.60. The molecule has 30 heavy (non-hydrogen) atoms. The zero-order chi connectivity index (χ0) is 21.1. The van der Waals surface area contributed by atoms with E-state index in [0.717, 1.165) is 25.7 Å². The molecule has 4 rings (SSSR count). The number of anilines is 2. The van der Waals surface area contributed by atoms with Crippen LogP contribution in [-0.2, 0) is 9.59 Å². The molecule has 3 N–H and O–H groups in total. The minimum absolute atomic E-state index is 0.0102. The SMILES string of the molecule is O=C(COc1cccc(NC(=O)C2CC2)c1)Nc1ccc(C(=O)NC2CC2)c(Cl)c1. The maximum absolute atomic E-state index is 12.2. The van der Waals surface area contributed by atoms with E-state index in [1.54, 1.807) is 36.4 Å². The topological polar surface area (TPSA) is 96.5 Å². The van der Waals surface area contributed by atoms with Gasteiger partial charge < -0.3 is 20.7 Å². The van der Waals surface area contributed by atoms with Gasteiger partial charge in [0.15, 0.2) is 6.61 Å². The molecule has 156 valence electrons. The van der Waals surface area contributed by atoms with Crippen LogP contribution in [0.3, 0.4) is 0 Å². The van der Waals surface area contributed by atoms with Gasteiger partial charge in [0.05, 0.1) is 10.6 Å². The molecule has 0 saturated heterocycles. The standard InChI is InChI=1S/C22H22ClN3O4/c23-19-11-16(8-9-18(19)22(29)25-14-6-7-14)24-20(27)12-30-17-3-1-2-15(10-17)26-21(28)13-4-5-13/h1-3,8-11,13-14H,4-7,12H2,(H,24,27)(H,25,29)(H,26,28). The van der Waals surface area contributed by atoms with Gasteiger partial charge in [0.25, 0.3) is 11.8 Å². The molecule has 0 spiro atoms. The summed E-state index contributed by atoms with van der Waals surface area (Å²) in [6.45, 7) is -0.207. The summed E-state index contributed by atoms with van der Waals surface area (Å²) in [4.78, 5) is 36.2. The number of benzene rings is 2. The van der Waals surface area contributed by atoms with Gasteiger partial charge in [-0.1, -0.05) is 17.7 Å². The molecule has 0 aromatic heterocycles. The fourth-order valence-corrected chi connectivity index (χ4v) is 3.13. The van der Waals surface area contributed by atoms with Crippen molar-refractivity contribution < 1.29 is 19.1 Å². The number of carbonyl (C=O) groups is 3. The number of hydrogen-bond donors (Lipinski definition) is 3. The highest BCUT2D eigenvalue weighted by Gasteiger charge is 2.29. The van der Waals surface area contributed by atoms with E-state index in [4.69, 9.17) is 16.3 Å². The van der Waals surface area contributed by atoms with Crippen LogP contribution >= 0.6 is 11.6 Å². The summed E-state index contributed by atoms with van der Waals surface area (Å²) < 4.78 is 5.52. The maximum Gasteiger partial charge on any atom is 0.262 e. The van der Waals surface area contributed by atoms with Crippen molar-refractivity contribution in [1.82, 2.24) is 5.32 Å². The molecule has 2 aliphatic rings. The molecule has 0 unspecified atom stereocenters. The summed E-state index contributed by atoms with van der Waals surface area (Å²) in [5.74, 6) is 0.0179. The quantitative estimate of drug-likeness (QED) is 0.599. The zero-order valence-corrected chi connectivity index (χ0v) is 17.0. The molecule has 3 amide bonds. The molecule has 2 fully saturated rings. The van der Waals surface area contributed by atoms with Gasteiger partial charge in [-0.3, -0.25) is 14.4 Å². The third-order valence-corrected chi connectivity index (χ3v) is 5.14. The lowest BCUT2D eigenvalue weighted by Gasteiger charge is -2.11. The van der Waals surface area contributed by atoms with Gasteiger partial charge in [0, 0.05) is 29.4 Å². The van der Waals surface area contributed by atoms with Crippen molar-refractivity contribution in [3.8, 4) is 5.75 Å². The van der Waals surface area contributed by atoms with Crippen LogP contribution in [0.1, 0.15) is 36.0 Å². The van der Waals surface area contributed by atoms with Crippen molar-refractivity contribution in [3.63, 3.8) is 0 Å². The molecule has 0 heterocycles. The van der Waals surface area contributed by atoms with Gasteiger partial charge in [-0.25, -0.2) is 0 Å². The van der Waals surface area contributed by atoms with Crippen molar-refractivity contribution in [2.45, 2.75) is 31.7 Å². The van der Waals surface area contributed by atoms with Crippen molar-refractivity contribution >= 4 is 40.7 Å². The Balaban J connectivity index is 1.28. The molecule has 2 aromatic rings. The van der Waals surface area contributed by atoms with Crippen LogP contribution in [0.5, 0.6) is 5.75 Å². The number of halogens is 1. The monoisotopic (exact) mass is 427 g/mol. The number of amides is 3. The first kappa shape index (κ1) is 20.2. The molecule has 2 saturated carbocycles. The average Bonchev–Trinajstić information content (AvgIpc) is 3.60. The van der Waals surface area contributed by atoms with E-state index < -0.39 is 0 Å². The lowest BCUT2D eigenvalue weighted by Crippen LogP contribution is -2.25. The van der Waals surface area contributed by atoms with Crippen molar-refractivity contribution in [2.24, 2.45) is 5.92 Å². The van der Waals surface area contributed by atoms with E-state index in [9.17, 15) is 14.4 Å². The molecular weight excluding hydrogens is 406 g/mol. The van der Waals surface area contributed by atoms with E-state index in [1.807, 2.05) is 0 Å². The van der Waals surface area contributed by atoms with Crippen LogP contribution in [0, 0.1) is 5.92 Å². The Kier molecular flexibility index (Phi) is 5.90. The van der Waals surface area contributed by atoms with Crippen molar-refractivity contribution in [3.05, 3.63) is 53.1 Å². The third-order valence-electron chi connectivity index (χ3n) is 4.83. The Morgan fingerprint density at radius 1 is 0.967 bits per heavy atom. The van der Waals surface area contributed by atoms with Crippen LogP contribution in [0.4, 0.5) is 11.4 Å². The lowest BCUT2D eigenvalue weighted by molar-refractivity contribution is -0.118. The Hall–Kier alpha value is -3.06. The largest absolute Gasteiger partial charge is 0.484 e. The first-order chi connectivity index (χ1) is 14.5. The molecule has 0 aliphatic heterocycles. The summed E-state index contributed by atoms with van der Waals surface area (Å²) in [5.41, 5.74) is 1.49. The van der Waals surface area contributed by atoms with Gasteiger partial charge in [0.2, 0.25) is 5.91 Å². The summed E-state index contributed by atoms with van der Waals surface area (Å²) in [7, 11) is 0. The Morgan fingerprint density at radius 3 is 2.43 bits per heavy atom. The van der Waals surface area contributed by atoms with E-state index >= 15 is 0 Å². The molecule has 0 atom stereocenters. The van der Waals surface area contributed by atoms with E-state index in [2.05, 4.69) is 16.0 Å². The minimum Gasteiger partial charge on any atom is -0.484 e. The first-order valence-corrected chi connectivity index (χ1v) is 10.3. The molecule has 0 bridgehead atoms. The Bertz CT molecular complexity index is 986. The highest BCUT2D eigenvalue weighted by Crippen LogP contribution is 2.30. The average molecular weight is 428 g/mol. The van der Waals surface area contributed by atoms with Gasteiger partial charge in [-0.2, -0.15) is 0 Å². The molecule has 2 aromatic carbocycles. The van der Waals surface area contributed by atoms with E-state index in [1.165, 1.54) is 6.07 Å². The second-order valence-electron chi connectivity index (χ2n) is 7.57.